The molecule has 1 aromatic heterocycles. The number of nitrogens with zero attached hydrogens (tertiary/aromatic N) is 2. The average molecular weight is 689 g/mol. The molecule has 1 heterocycles. The van der Waals surface area contributed by atoms with Crippen LogP contribution in [0, 0.1) is 0 Å². The summed E-state index contributed by atoms with van der Waals surface area (Å²) in [6, 6.07) is 78.9. The standard InChI is InChI=1S/C52H36N2/c1-5-19-37(20-6-1)43-30-17-31-44(38-21-7-2-8-22-38)52(43)54-47-32-16-15-29-46(47)50-48(33-18-34-49(50)54)53(41-26-11-4-12-27-41)51-42-28-14-13-25-40(42)35-36-45(51)39-23-9-3-10-24-39/h1-36H. The molecule has 0 atom stereocenters. The monoisotopic (exact) mass is 688 g/mol. The molecule has 0 radical (unpaired) electrons. The van der Waals surface area contributed by atoms with Crippen LogP contribution in [-0.2, 0) is 0 Å². The lowest BCUT2D eigenvalue weighted by Crippen LogP contribution is -2.12. The fourth-order valence-corrected chi connectivity index (χ4v) is 8.23. The van der Waals surface area contributed by atoms with Crippen LogP contribution >= 0.6 is 0 Å². The van der Waals surface area contributed by atoms with Gasteiger partial charge in [0, 0.05) is 38.5 Å². The van der Waals surface area contributed by atoms with Crippen molar-refractivity contribution in [2.24, 2.45) is 0 Å². The van der Waals surface area contributed by atoms with Gasteiger partial charge in [-0.2, -0.15) is 0 Å². The Kier molecular flexibility index (Phi) is 7.85. The van der Waals surface area contributed by atoms with Crippen molar-refractivity contribution in [1.82, 2.24) is 4.57 Å². The van der Waals surface area contributed by atoms with Gasteiger partial charge in [-0.1, -0.05) is 188 Å². The lowest BCUT2D eigenvalue weighted by Gasteiger charge is -2.30. The zero-order valence-corrected chi connectivity index (χ0v) is 29.7. The third-order valence-corrected chi connectivity index (χ3v) is 10.6. The van der Waals surface area contributed by atoms with E-state index in [-0.39, 0.29) is 0 Å². The molecular formula is C52H36N2. The smallest absolute Gasteiger partial charge is 0.0618 e. The van der Waals surface area contributed by atoms with E-state index in [0.717, 1.165) is 28.1 Å². The van der Waals surface area contributed by atoms with Gasteiger partial charge in [0.05, 0.1) is 28.1 Å². The molecule has 0 saturated carbocycles. The van der Waals surface area contributed by atoms with Crippen LogP contribution in [0.2, 0.25) is 0 Å². The first-order valence-electron chi connectivity index (χ1n) is 18.5. The van der Waals surface area contributed by atoms with Gasteiger partial charge in [0.25, 0.3) is 0 Å². The minimum Gasteiger partial charge on any atom is -0.309 e. The topological polar surface area (TPSA) is 8.17 Å². The Hall–Kier alpha value is -7.16. The van der Waals surface area contributed by atoms with Crippen molar-refractivity contribution in [1.29, 1.82) is 0 Å². The van der Waals surface area contributed by atoms with Crippen molar-refractivity contribution >= 4 is 49.6 Å². The van der Waals surface area contributed by atoms with Crippen molar-refractivity contribution in [3.63, 3.8) is 0 Å². The van der Waals surface area contributed by atoms with Gasteiger partial charge in [0.2, 0.25) is 0 Å². The third-order valence-electron chi connectivity index (χ3n) is 10.6. The average Bonchev–Trinajstić information content (AvgIpc) is 3.59. The molecule has 10 rings (SSSR count). The summed E-state index contributed by atoms with van der Waals surface area (Å²) in [5.74, 6) is 0. The van der Waals surface area contributed by atoms with Crippen molar-refractivity contribution < 1.29 is 0 Å². The summed E-state index contributed by atoms with van der Waals surface area (Å²) in [5, 5.41) is 4.80. The molecule has 0 amide bonds. The summed E-state index contributed by atoms with van der Waals surface area (Å²) in [5.41, 5.74) is 14.0. The molecule has 2 nitrogen and oxygen atoms in total. The van der Waals surface area contributed by atoms with E-state index in [9.17, 15) is 0 Å². The summed E-state index contributed by atoms with van der Waals surface area (Å²) in [7, 11) is 0. The molecule has 10 aromatic rings. The molecule has 54 heavy (non-hydrogen) atoms. The summed E-state index contributed by atoms with van der Waals surface area (Å²) in [6.07, 6.45) is 0. The van der Waals surface area contributed by atoms with Gasteiger partial charge in [0.15, 0.2) is 0 Å². The fourth-order valence-electron chi connectivity index (χ4n) is 8.23. The molecule has 9 aromatic carbocycles. The van der Waals surface area contributed by atoms with Crippen molar-refractivity contribution in [2.45, 2.75) is 0 Å². The van der Waals surface area contributed by atoms with Gasteiger partial charge in [-0.15, -0.1) is 0 Å². The molecule has 0 bridgehead atoms. The first-order chi connectivity index (χ1) is 26.8. The molecule has 0 spiro atoms. The summed E-state index contributed by atoms with van der Waals surface area (Å²) < 4.78 is 2.50. The van der Waals surface area contributed by atoms with Crippen LogP contribution in [-0.4, -0.2) is 4.57 Å². The fraction of sp³-hybridized carbons (Fsp3) is 0. The normalized spacial score (nSPS) is 11.3. The van der Waals surface area contributed by atoms with E-state index in [2.05, 4.69) is 228 Å². The molecule has 2 heteroatoms. The SMILES string of the molecule is c1ccc(-c2cccc(-c3ccccc3)c2-n2c3ccccc3c3c(N(c4ccccc4)c4c(-c5ccccc5)ccc5ccccc45)cccc32)cc1. The minimum absolute atomic E-state index is 1.10. The molecule has 0 aliphatic rings. The summed E-state index contributed by atoms with van der Waals surface area (Å²) in [4.78, 5) is 2.49. The number of para-hydroxylation sites is 3. The largest absolute Gasteiger partial charge is 0.309 e. The maximum atomic E-state index is 2.50. The molecule has 254 valence electrons. The van der Waals surface area contributed by atoms with Gasteiger partial charge in [0.1, 0.15) is 0 Å². The number of hydrogen-bond donors (Lipinski definition) is 0. The highest BCUT2D eigenvalue weighted by Crippen LogP contribution is 2.50. The Bertz CT molecular complexity index is 2850. The molecule has 0 aliphatic heterocycles. The van der Waals surface area contributed by atoms with Crippen LogP contribution < -0.4 is 4.90 Å². The van der Waals surface area contributed by atoms with Crippen molar-refractivity contribution in [3.05, 3.63) is 218 Å². The van der Waals surface area contributed by atoms with E-state index in [1.165, 1.54) is 60.6 Å². The first kappa shape index (κ1) is 31.6. The highest BCUT2D eigenvalue weighted by molar-refractivity contribution is 6.19. The molecule has 0 aliphatic carbocycles. The van der Waals surface area contributed by atoms with Crippen LogP contribution in [0.1, 0.15) is 0 Å². The number of anilines is 3. The zero-order valence-electron chi connectivity index (χ0n) is 29.7. The van der Waals surface area contributed by atoms with E-state index in [1.807, 2.05) is 0 Å². The van der Waals surface area contributed by atoms with Crippen LogP contribution in [0.4, 0.5) is 17.1 Å². The van der Waals surface area contributed by atoms with Crippen LogP contribution in [0.5, 0.6) is 0 Å². The van der Waals surface area contributed by atoms with E-state index in [0.29, 0.717) is 0 Å². The number of aromatic nitrogens is 1. The van der Waals surface area contributed by atoms with Gasteiger partial charge in [-0.3, -0.25) is 0 Å². The second-order valence-electron chi connectivity index (χ2n) is 13.7. The second kappa shape index (κ2) is 13.4. The van der Waals surface area contributed by atoms with Gasteiger partial charge in [-0.25, -0.2) is 0 Å². The molecule has 0 saturated heterocycles. The Labute approximate surface area is 315 Å². The maximum Gasteiger partial charge on any atom is 0.0618 e. The predicted octanol–water partition coefficient (Wildman–Crippen LogP) is 14.4. The van der Waals surface area contributed by atoms with Gasteiger partial charge in [-0.05, 0) is 52.4 Å². The van der Waals surface area contributed by atoms with Crippen LogP contribution in [0.25, 0.3) is 71.6 Å². The zero-order chi connectivity index (χ0) is 35.8. The molecule has 0 fully saturated rings. The Balaban J connectivity index is 1.35. The van der Waals surface area contributed by atoms with Crippen molar-refractivity contribution in [2.75, 3.05) is 4.90 Å². The first-order valence-corrected chi connectivity index (χ1v) is 18.5. The molecule has 0 unspecified atom stereocenters. The van der Waals surface area contributed by atoms with E-state index >= 15 is 0 Å². The molecule has 0 N–H and O–H groups in total. The number of hydrogen-bond acceptors (Lipinski definition) is 1. The number of rotatable bonds is 7. The van der Waals surface area contributed by atoms with Crippen LogP contribution in [0.15, 0.2) is 218 Å². The second-order valence-corrected chi connectivity index (χ2v) is 13.7. The highest BCUT2D eigenvalue weighted by Gasteiger charge is 2.26. The highest BCUT2D eigenvalue weighted by atomic mass is 15.2. The Morgan fingerprint density at radius 3 is 1.48 bits per heavy atom. The predicted molar refractivity (Wildman–Crippen MR) is 229 cm³/mol. The van der Waals surface area contributed by atoms with E-state index in [4.69, 9.17) is 0 Å². The molecular weight excluding hydrogens is 653 g/mol. The quantitative estimate of drug-likeness (QED) is 0.162. The lowest BCUT2D eigenvalue weighted by atomic mass is 9.95. The number of benzene rings is 9. The Morgan fingerprint density at radius 1 is 0.333 bits per heavy atom. The van der Waals surface area contributed by atoms with Gasteiger partial charge < -0.3 is 9.47 Å². The van der Waals surface area contributed by atoms with Crippen molar-refractivity contribution in [3.8, 4) is 39.1 Å². The number of fused-ring (bicyclic) bond motifs is 4. The maximum absolute atomic E-state index is 2.50. The van der Waals surface area contributed by atoms with Crippen LogP contribution in [0.3, 0.4) is 0 Å². The van der Waals surface area contributed by atoms with E-state index in [1.54, 1.807) is 0 Å². The minimum atomic E-state index is 1.10. The summed E-state index contributed by atoms with van der Waals surface area (Å²) >= 11 is 0. The lowest BCUT2D eigenvalue weighted by molar-refractivity contribution is 1.18. The van der Waals surface area contributed by atoms with Gasteiger partial charge >= 0.3 is 0 Å². The van der Waals surface area contributed by atoms with E-state index < -0.39 is 0 Å². The summed E-state index contributed by atoms with van der Waals surface area (Å²) in [6.45, 7) is 0. The Morgan fingerprint density at radius 2 is 0.833 bits per heavy atom. The third kappa shape index (κ3) is 5.27.